The third kappa shape index (κ3) is 5.02. The van der Waals surface area contributed by atoms with Gasteiger partial charge in [-0.1, -0.05) is 37.5 Å². The van der Waals surface area contributed by atoms with E-state index < -0.39 is 0 Å². The summed E-state index contributed by atoms with van der Waals surface area (Å²) in [6.07, 6.45) is 6.07. The molecule has 3 rings (SSSR count). The average molecular weight is 370 g/mol. The van der Waals surface area contributed by atoms with E-state index in [1.165, 1.54) is 19.3 Å². The van der Waals surface area contributed by atoms with Crippen molar-refractivity contribution in [3.8, 4) is 0 Å². The number of furan rings is 1. The molecule has 1 aliphatic rings. The monoisotopic (exact) mass is 370 g/mol. The molecule has 1 heterocycles. The van der Waals surface area contributed by atoms with Gasteiger partial charge in [0, 0.05) is 31.1 Å². The van der Waals surface area contributed by atoms with Crippen molar-refractivity contribution < 1.29 is 9.21 Å². The molecular formula is C21H30N4O2. The number of fused-ring (bicyclic) bond motifs is 1. The van der Waals surface area contributed by atoms with E-state index in [9.17, 15) is 4.79 Å². The van der Waals surface area contributed by atoms with Crippen LogP contribution in [0.3, 0.4) is 0 Å². The first-order chi connectivity index (χ1) is 13.0. The van der Waals surface area contributed by atoms with Crippen molar-refractivity contribution in [2.75, 3.05) is 20.6 Å². The molecule has 0 radical (unpaired) electrons. The van der Waals surface area contributed by atoms with Crippen LogP contribution in [0, 0.1) is 6.92 Å². The van der Waals surface area contributed by atoms with Crippen molar-refractivity contribution in [2.45, 2.75) is 51.6 Å². The summed E-state index contributed by atoms with van der Waals surface area (Å²) in [4.78, 5) is 18.0. The fourth-order valence-corrected chi connectivity index (χ4v) is 3.44. The third-order valence-corrected chi connectivity index (χ3v) is 5.18. The van der Waals surface area contributed by atoms with Gasteiger partial charge in [-0.05, 0) is 25.8 Å². The quantitative estimate of drug-likeness (QED) is 0.626. The molecule has 6 heteroatoms. The summed E-state index contributed by atoms with van der Waals surface area (Å²) in [5, 5.41) is 7.99. The van der Waals surface area contributed by atoms with Crippen LogP contribution in [-0.4, -0.2) is 43.4 Å². The second kappa shape index (κ2) is 8.93. The molecule has 0 unspecified atom stereocenters. The minimum Gasteiger partial charge on any atom is -0.459 e. The minimum absolute atomic E-state index is 0.0142. The molecular weight excluding hydrogens is 340 g/mol. The van der Waals surface area contributed by atoms with Gasteiger partial charge in [0.1, 0.15) is 17.9 Å². The van der Waals surface area contributed by atoms with Gasteiger partial charge in [0.05, 0.1) is 6.54 Å². The Balaban J connectivity index is 1.70. The molecule has 1 aromatic carbocycles. The maximum absolute atomic E-state index is 11.9. The Morgan fingerprint density at radius 3 is 2.67 bits per heavy atom. The maximum atomic E-state index is 11.9. The number of nitrogens with zero attached hydrogens (tertiary/aromatic N) is 2. The molecule has 2 N–H and O–H groups in total. The van der Waals surface area contributed by atoms with Crippen LogP contribution < -0.4 is 10.6 Å². The summed E-state index contributed by atoms with van der Waals surface area (Å²) < 4.78 is 5.98. The molecule has 1 aromatic heterocycles. The first-order valence-electron chi connectivity index (χ1n) is 9.76. The predicted octanol–water partition coefficient (Wildman–Crippen LogP) is 3.20. The number of hydrogen-bond acceptors (Lipinski definition) is 3. The second-order valence-electron chi connectivity index (χ2n) is 7.43. The standard InChI is InChI=1S/C21H30N4O2/c1-15-17-11-7-8-12-18(17)27-19(15)13-22-21(23-14-20(26)25(2)3)24-16-9-5-4-6-10-16/h7-8,11-12,16H,4-6,9-10,13-14H2,1-3H3,(H2,22,23,24). The number of guanidine groups is 1. The van der Waals surface area contributed by atoms with Crippen LogP contribution in [0.25, 0.3) is 11.0 Å². The highest BCUT2D eigenvalue weighted by atomic mass is 16.3. The molecule has 2 aromatic rings. The first-order valence-corrected chi connectivity index (χ1v) is 9.76. The molecule has 1 saturated carbocycles. The molecule has 6 nitrogen and oxygen atoms in total. The molecule has 0 spiro atoms. The summed E-state index contributed by atoms with van der Waals surface area (Å²) >= 11 is 0. The fourth-order valence-electron chi connectivity index (χ4n) is 3.44. The van der Waals surface area contributed by atoms with Gasteiger partial charge < -0.3 is 20.0 Å². The summed E-state index contributed by atoms with van der Waals surface area (Å²) in [6.45, 7) is 2.74. The van der Waals surface area contributed by atoms with E-state index in [4.69, 9.17) is 4.42 Å². The molecule has 146 valence electrons. The van der Waals surface area contributed by atoms with Crippen molar-refractivity contribution in [3.63, 3.8) is 0 Å². The fraction of sp³-hybridized carbons (Fsp3) is 0.524. The van der Waals surface area contributed by atoms with Gasteiger partial charge >= 0.3 is 0 Å². The maximum Gasteiger partial charge on any atom is 0.243 e. The Morgan fingerprint density at radius 2 is 1.96 bits per heavy atom. The highest BCUT2D eigenvalue weighted by Crippen LogP contribution is 2.24. The molecule has 0 atom stereocenters. The van der Waals surface area contributed by atoms with Crippen molar-refractivity contribution in [3.05, 3.63) is 35.6 Å². The van der Waals surface area contributed by atoms with Crippen molar-refractivity contribution in [2.24, 2.45) is 4.99 Å². The van der Waals surface area contributed by atoms with Gasteiger partial charge in [0.15, 0.2) is 5.96 Å². The molecule has 0 aliphatic heterocycles. The number of nitrogens with one attached hydrogen (secondary N) is 2. The van der Waals surface area contributed by atoms with Crippen LogP contribution in [0.5, 0.6) is 0 Å². The number of aryl methyl sites for hydroxylation is 1. The van der Waals surface area contributed by atoms with Crippen LogP contribution in [0.2, 0.25) is 0 Å². The normalized spacial score (nSPS) is 15.7. The smallest absolute Gasteiger partial charge is 0.243 e. The van der Waals surface area contributed by atoms with E-state index in [0.29, 0.717) is 18.5 Å². The van der Waals surface area contributed by atoms with Gasteiger partial charge in [-0.25, -0.2) is 4.99 Å². The van der Waals surface area contributed by atoms with Crippen LogP contribution >= 0.6 is 0 Å². The summed E-state index contributed by atoms with van der Waals surface area (Å²) in [7, 11) is 3.49. The van der Waals surface area contributed by atoms with E-state index >= 15 is 0 Å². The van der Waals surface area contributed by atoms with Crippen molar-refractivity contribution in [1.82, 2.24) is 15.5 Å². The lowest BCUT2D eigenvalue weighted by Crippen LogP contribution is -2.44. The SMILES string of the molecule is Cc1c(CNC(=NCC(=O)N(C)C)NC2CCCCC2)oc2ccccc12. The predicted molar refractivity (Wildman–Crippen MR) is 109 cm³/mol. The molecule has 0 saturated heterocycles. The summed E-state index contributed by atoms with van der Waals surface area (Å²) in [5.41, 5.74) is 2.03. The lowest BCUT2D eigenvalue weighted by molar-refractivity contribution is -0.127. The number of aliphatic imine (C=N–C) groups is 1. The number of hydrogen-bond donors (Lipinski definition) is 2. The molecule has 1 amide bonds. The number of para-hydroxylation sites is 1. The molecule has 27 heavy (non-hydrogen) atoms. The van der Waals surface area contributed by atoms with Crippen LogP contribution in [0.1, 0.15) is 43.4 Å². The third-order valence-electron chi connectivity index (χ3n) is 5.18. The van der Waals surface area contributed by atoms with Crippen LogP contribution in [0.4, 0.5) is 0 Å². The Hall–Kier alpha value is -2.50. The van der Waals surface area contributed by atoms with E-state index in [1.807, 2.05) is 18.2 Å². The Kier molecular flexibility index (Phi) is 6.37. The zero-order chi connectivity index (χ0) is 19.2. The van der Waals surface area contributed by atoms with Crippen LogP contribution in [-0.2, 0) is 11.3 Å². The lowest BCUT2D eigenvalue weighted by Gasteiger charge is -2.25. The van der Waals surface area contributed by atoms with E-state index in [-0.39, 0.29) is 12.5 Å². The number of carbonyl (C=O) groups is 1. The van der Waals surface area contributed by atoms with E-state index in [0.717, 1.165) is 35.1 Å². The highest BCUT2D eigenvalue weighted by molar-refractivity contribution is 5.85. The molecule has 0 bridgehead atoms. The lowest BCUT2D eigenvalue weighted by atomic mass is 9.96. The number of likely N-dealkylation sites (N-methyl/N-ethyl adjacent to an activating group) is 1. The van der Waals surface area contributed by atoms with E-state index in [1.54, 1.807) is 19.0 Å². The largest absolute Gasteiger partial charge is 0.459 e. The Bertz CT molecular complexity index is 804. The van der Waals surface area contributed by atoms with Gasteiger partial charge in [-0.3, -0.25) is 4.79 Å². The van der Waals surface area contributed by atoms with Gasteiger partial charge in [-0.15, -0.1) is 0 Å². The van der Waals surface area contributed by atoms with Crippen LogP contribution in [0.15, 0.2) is 33.7 Å². The number of benzene rings is 1. The van der Waals surface area contributed by atoms with E-state index in [2.05, 4.69) is 28.6 Å². The number of carbonyl (C=O) groups excluding carboxylic acids is 1. The number of amides is 1. The zero-order valence-electron chi connectivity index (χ0n) is 16.5. The van der Waals surface area contributed by atoms with Gasteiger partial charge in [-0.2, -0.15) is 0 Å². The Morgan fingerprint density at radius 1 is 1.22 bits per heavy atom. The van der Waals surface area contributed by atoms with Crippen molar-refractivity contribution in [1.29, 1.82) is 0 Å². The minimum atomic E-state index is -0.0142. The summed E-state index contributed by atoms with van der Waals surface area (Å²) in [5.74, 6) is 1.56. The average Bonchev–Trinajstić information content (AvgIpc) is 3.00. The number of rotatable bonds is 5. The van der Waals surface area contributed by atoms with Gasteiger partial charge in [0.25, 0.3) is 0 Å². The topological polar surface area (TPSA) is 69.9 Å². The zero-order valence-corrected chi connectivity index (χ0v) is 16.5. The van der Waals surface area contributed by atoms with Gasteiger partial charge in [0.2, 0.25) is 5.91 Å². The molecule has 1 fully saturated rings. The second-order valence-corrected chi connectivity index (χ2v) is 7.43. The summed E-state index contributed by atoms with van der Waals surface area (Å²) in [6, 6.07) is 8.47. The van der Waals surface area contributed by atoms with Crippen molar-refractivity contribution >= 4 is 22.8 Å². The molecule has 1 aliphatic carbocycles. The Labute approximate surface area is 161 Å². The highest BCUT2D eigenvalue weighted by Gasteiger charge is 2.16. The first kappa shape index (κ1) is 19.3.